The summed E-state index contributed by atoms with van der Waals surface area (Å²) in [6.07, 6.45) is 16.2. The molecule has 0 aliphatic heterocycles. The molecule has 0 bridgehead atoms. The third kappa shape index (κ3) is 13.0. The minimum Gasteiger partial charge on any atom is -0.274 e. The lowest BCUT2D eigenvalue weighted by Gasteiger charge is -2.02. The second-order valence-electron chi connectivity index (χ2n) is 4.95. The Morgan fingerprint density at radius 3 is 1.78 bits per heavy atom. The number of rotatable bonds is 12. The van der Waals surface area contributed by atoms with E-state index >= 15 is 0 Å². The average molecular weight is 252 g/mol. The Balaban J connectivity index is 3.03. The van der Waals surface area contributed by atoms with E-state index < -0.39 is 0 Å². The van der Waals surface area contributed by atoms with Crippen LogP contribution in [0.4, 0.5) is 0 Å². The zero-order valence-electron chi connectivity index (χ0n) is 11.8. The molecule has 0 spiro atoms. The smallest absolute Gasteiger partial charge is 0.232 e. The zero-order chi connectivity index (χ0) is 13.5. The van der Waals surface area contributed by atoms with Crippen LogP contribution in [-0.2, 0) is 4.79 Å². The van der Waals surface area contributed by atoms with Gasteiger partial charge in [0.15, 0.2) is 6.19 Å². The molecule has 0 radical (unpaired) electrons. The maximum absolute atomic E-state index is 11.0. The molecule has 0 aromatic rings. The summed E-state index contributed by atoms with van der Waals surface area (Å²) in [5.41, 5.74) is 0. The minimum atomic E-state index is -0.145. The van der Waals surface area contributed by atoms with E-state index in [-0.39, 0.29) is 5.91 Å². The SMILES string of the molecule is CCCCCCCCCCCCCC(=O)NC#N. The molecule has 0 aliphatic carbocycles. The summed E-state index contributed by atoms with van der Waals surface area (Å²) in [7, 11) is 0. The molecule has 1 N–H and O–H groups in total. The van der Waals surface area contributed by atoms with Crippen molar-refractivity contribution in [2.45, 2.75) is 84.0 Å². The molecule has 0 aromatic carbocycles. The van der Waals surface area contributed by atoms with Crippen LogP contribution in [0.3, 0.4) is 0 Å². The molecular weight excluding hydrogens is 224 g/mol. The van der Waals surface area contributed by atoms with Gasteiger partial charge in [0.2, 0.25) is 5.91 Å². The first-order valence-electron chi connectivity index (χ1n) is 7.49. The van der Waals surface area contributed by atoms with Crippen molar-refractivity contribution in [3.8, 4) is 6.19 Å². The first-order chi connectivity index (χ1) is 8.81. The van der Waals surface area contributed by atoms with Gasteiger partial charge in [0.05, 0.1) is 0 Å². The van der Waals surface area contributed by atoms with Gasteiger partial charge < -0.3 is 0 Å². The molecular formula is C15H28N2O. The van der Waals surface area contributed by atoms with Crippen LogP contribution in [0.5, 0.6) is 0 Å². The molecule has 0 aromatic heterocycles. The quantitative estimate of drug-likeness (QED) is 0.320. The second-order valence-corrected chi connectivity index (χ2v) is 4.95. The Morgan fingerprint density at radius 1 is 0.889 bits per heavy atom. The number of nitrogens with one attached hydrogen (secondary N) is 1. The molecule has 18 heavy (non-hydrogen) atoms. The lowest BCUT2D eigenvalue weighted by atomic mass is 10.1. The van der Waals surface area contributed by atoms with Gasteiger partial charge in [-0.3, -0.25) is 10.1 Å². The van der Waals surface area contributed by atoms with Crippen molar-refractivity contribution in [1.82, 2.24) is 5.32 Å². The van der Waals surface area contributed by atoms with E-state index in [2.05, 4.69) is 12.2 Å². The van der Waals surface area contributed by atoms with Gasteiger partial charge in [-0.2, -0.15) is 5.26 Å². The van der Waals surface area contributed by atoms with Gasteiger partial charge in [-0.1, -0.05) is 71.1 Å². The third-order valence-corrected chi connectivity index (χ3v) is 3.20. The lowest BCUT2D eigenvalue weighted by Crippen LogP contribution is -2.16. The molecule has 1 amide bonds. The standard InChI is InChI=1S/C15H28N2O/c1-2-3-4-5-6-7-8-9-10-11-12-13-15(18)17-14-16/h2-13H2,1H3,(H,17,18). The molecule has 0 fully saturated rings. The molecule has 0 saturated carbocycles. The summed E-state index contributed by atoms with van der Waals surface area (Å²) in [4.78, 5) is 11.0. The highest BCUT2D eigenvalue weighted by atomic mass is 16.1. The normalized spacial score (nSPS) is 10.0. The highest BCUT2D eigenvalue weighted by Gasteiger charge is 1.99. The first kappa shape index (κ1) is 17.0. The molecule has 0 heterocycles. The second kappa shape index (κ2) is 14.0. The van der Waals surface area contributed by atoms with E-state index in [1.165, 1.54) is 57.8 Å². The van der Waals surface area contributed by atoms with Crippen LogP contribution in [0.2, 0.25) is 0 Å². The number of hydrogen-bond acceptors (Lipinski definition) is 2. The van der Waals surface area contributed by atoms with Gasteiger partial charge in [-0.25, -0.2) is 0 Å². The van der Waals surface area contributed by atoms with Gasteiger partial charge >= 0.3 is 0 Å². The molecule has 0 rings (SSSR count). The Kier molecular flexibility index (Phi) is 13.2. The van der Waals surface area contributed by atoms with E-state index in [1.54, 1.807) is 6.19 Å². The van der Waals surface area contributed by atoms with E-state index in [0.29, 0.717) is 6.42 Å². The van der Waals surface area contributed by atoms with Crippen LogP contribution >= 0.6 is 0 Å². The molecule has 104 valence electrons. The Labute approximate surface area is 112 Å². The van der Waals surface area contributed by atoms with E-state index in [1.807, 2.05) is 0 Å². The highest BCUT2D eigenvalue weighted by Crippen LogP contribution is 2.11. The van der Waals surface area contributed by atoms with Crippen LogP contribution < -0.4 is 5.32 Å². The fourth-order valence-electron chi connectivity index (χ4n) is 2.07. The fourth-order valence-corrected chi connectivity index (χ4v) is 2.07. The van der Waals surface area contributed by atoms with Crippen LogP contribution in [-0.4, -0.2) is 5.91 Å². The maximum atomic E-state index is 11.0. The summed E-state index contributed by atoms with van der Waals surface area (Å²) in [6, 6.07) is 0. The van der Waals surface area contributed by atoms with Crippen molar-refractivity contribution in [3.05, 3.63) is 0 Å². The first-order valence-corrected chi connectivity index (χ1v) is 7.49. The predicted octanol–water partition coefficient (Wildman–Crippen LogP) is 4.28. The molecule has 0 atom stereocenters. The Bertz CT molecular complexity index is 233. The van der Waals surface area contributed by atoms with Gasteiger partial charge in [0.1, 0.15) is 0 Å². The van der Waals surface area contributed by atoms with Crippen LogP contribution in [0.25, 0.3) is 0 Å². The van der Waals surface area contributed by atoms with Crippen molar-refractivity contribution in [3.63, 3.8) is 0 Å². The summed E-state index contributed by atoms with van der Waals surface area (Å²) < 4.78 is 0. The molecule has 0 saturated heterocycles. The number of nitrogens with zero attached hydrogens (tertiary/aromatic N) is 1. The van der Waals surface area contributed by atoms with Gasteiger partial charge in [0, 0.05) is 6.42 Å². The van der Waals surface area contributed by atoms with Crippen molar-refractivity contribution in [2.75, 3.05) is 0 Å². The van der Waals surface area contributed by atoms with Crippen LogP contribution in [0.15, 0.2) is 0 Å². The average Bonchev–Trinajstić information content (AvgIpc) is 2.36. The lowest BCUT2D eigenvalue weighted by molar-refractivity contribution is -0.120. The molecule has 3 heteroatoms. The molecule has 0 aliphatic rings. The number of amides is 1. The Morgan fingerprint density at radius 2 is 1.33 bits per heavy atom. The van der Waals surface area contributed by atoms with Gasteiger partial charge in [0.25, 0.3) is 0 Å². The molecule has 0 unspecified atom stereocenters. The van der Waals surface area contributed by atoms with Crippen LogP contribution in [0, 0.1) is 11.5 Å². The predicted molar refractivity (Wildman–Crippen MR) is 74.8 cm³/mol. The number of unbranched alkanes of at least 4 members (excludes halogenated alkanes) is 10. The van der Waals surface area contributed by atoms with Crippen molar-refractivity contribution in [1.29, 1.82) is 5.26 Å². The Hall–Kier alpha value is -1.04. The topological polar surface area (TPSA) is 52.9 Å². The van der Waals surface area contributed by atoms with Crippen molar-refractivity contribution >= 4 is 5.91 Å². The summed E-state index contributed by atoms with van der Waals surface area (Å²) >= 11 is 0. The van der Waals surface area contributed by atoms with E-state index in [0.717, 1.165) is 12.8 Å². The number of nitriles is 1. The maximum Gasteiger partial charge on any atom is 0.232 e. The monoisotopic (exact) mass is 252 g/mol. The number of carbonyl (C=O) groups is 1. The fraction of sp³-hybridized carbons (Fsp3) is 0.867. The van der Waals surface area contributed by atoms with Crippen molar-refractivity contribution < 1.29 is 4.79 Å². The summed E-state index contributed by atoms with van der Waals surface area (Å²) in [6.45, 7) is 2.25. The van der Waals surface area contributed by atoms with E-state index in [4.69, 9.17) is 5.26 Å². The van der Waals surface area contributed by atoms with Crippen LogP contribution in [0.1, 0.15) is 84.0 Å². The zero-order valence-corrected chi connectivity index (χ0v) is 11.8. The number of hydrogen-bond donors (Lipinski definition) is 1. The van der Waals surface area contributed by atoms with E-state index in [9.17, 15) is 4.79 Å². The molecule has 3 nitrogen and oxygen atoms in total. The van der Waals surface area contributed by atoms with Gasteiger partial charge in [-0.05, 0) is 6.42 Å². The third-order valence-electron chi connectivity index (χ3n) is 3.20. The minimum absolute atomic E-state index is 0.145. The van der Waals surface area contributed by atoms with Crippen molar-refractivity contribution in [2.24, 2.45) is 0 Å². The van der Waals surface area contributed by atoms with Gasteiger partial charge in [-0.15, -0.1) is 0 Å². The largest absolute Gasteiger partial charge is 0.274 e. The summed E-state index contributed by atoms with van der Waals surface area (Å²) in [5.74, 6) is -0.145. The summed E-state index contributed by atoms with van der Waals surface area (Å²) in [5, 5.41) is 10.4. The highest BCUT2D eigenvalue weighted by molar-refractivity contribution is 5.77. The number of carbonyl (C=O) groups excluding carboxylic acids is 1.